The van der Waals surface area contributed by atoms with Crippen LogP contribution in [0.15, 0.2) is 29.8 Å². The summed E-state index contributed by atoms with van der Waals surface area (Å²) in [5.74, 6) is -0.921. The Labute approximate surface area is 96.0 Å². The molecule has 0 saturated carbocycles. The lowest BCUT2D eigenvalue weighted by atomic mass is 10.2. The molecule has 0 radical (unpaired) electrons. The van der Waals surface area contributed by atoms with E-state index < -0.39 is 5.97 Å². The van der Waals surface area contributed by atoms with Crippen molar-refractivity contribution >= 4 is 17.3 Å². The molecule has 2 rings (SSSR count). The van der Waals surface area contributed by atoms with Crippen molar-refractivity contribution in [3.63, 3.8) is 0 Å². The second-order valence-electron chi connectivity index (χ2n) is 3.21. The summed E-state index contributed by atoms with van der Waals surface area (Å²) in [5.41, 5.74) is 1.26. The van der Waals surface area contributed by atoms with Crippen molar-refractivity contribution in [2.24, 2.45) is 0 Å². The van der Waals surface area contributed by atoms with Gasteiger partial charge in [0.2, 0.25) is 0 Å². The number of aromatic nitrogens is 1. The predicted octanol–water partition coefficient (Wildman–Crippen LogP) is 2.17. The summed E-state index contributed by atoms with van der Waals surface area (Å²) in [5, 5.41) is 19.5. The zero-order valence-electron chi connectivity index (χ0n) is 8.25. The number of carbonyl (C=O) groups is 1. The molecule has 2 aromatic heterocycles. The third-order valence-electron chi connectivity index (χ3n) is 2.23. The van der Waals surface area contributed by atoms with E-state index in [1.54, 1.807) is 34.3 Å². The second-order valence-corrected chi connectivity index (χ2v) is 4.13. The van der Waals surface area contributed by atoms with Gasteiger partial charge < -0.3 is 9.67 Å². The van der Waals surface area contributed by atoms with Crippen LogP contribution in [0.3, 0.4) is 0 Å². The van der Waals surface area contributed by atoms with Gasteiger partial charge in [-0.3, -0.25) is 0 Å². The fourth-order valence-electron chi connectivity index (χ4n) is 1.48. The number of carboxylic acids is 1. The van der Waals surface area contributed by atoms with Crippen molar-refractivity contribution in [2.45, 2.75) is 6.54 Å². The third-order valence-corrected chi connectivity index (χ3v) is 3.17. The van der Waals surface area contributed by atoms with Crippen LogP contribution in [-0.4, -0.2) is 15.6 Å². The van der Waals surface area contributed by atoms with Gasteiger partial charge >= 0.3 is 5.97 Å². The smallest absolute Gasteiger partial charge is 0.346 e. The lowest BCUT2D eigenvalue weighted by molar-refractivity contribution is 0.0701. The topological polar surface area (TPSA) is 66.0 Å². The highest BCUT2D eigenvalue weighted by Gasteiger charge is 2.12. The normalized spacial score (nSPS) is 9.94. The monoisotopic (exact) mass is 232 g/mol. The minimum Gasteiger partial charge on any atom is -0.477 e. The number of nitrogens with zero attached hydrogens (tertiary/aromatic N) is 2. The molecule has 2 aromatic rings. The first-order valence-electron chi connectivity index (χ1n) is 4.57. The molecular formula is C11H8N2O2S. The van der Waals surface area contributed by atoms with Gasteiger partial charge in [0, 0.05) is 12.7 Å². The van der Waals surface area contributed by atoms with Crippen LogP contribution < -0.4 is 0 Å². The first-order chi connectivity index (χ1) is 7.72. The molecule has 16 heavy (non-hydrogen) atoms. The standard InChI is InChI=1S/C11H8N2O2S/c12-6-9-2-1-4-13(9)7-8-3-5-16-10(8)11(14)15/h1-5H,7H2,(H,14,15). The van der Waals surface area contributed by atoms with Gasteiger partial charge in [-0.15, -0.1) is 11.3 Å². The molecule has 80 valence electrons. The molecule has 2 heterocycles. The summed E-state index contributed by atoms with van der Waals surface area (Å²) < 4.78 is 1.73. The Hall–Kier alpha value is -2.06. The zero-order chi connectivity index (χ0) is 11.5. The van der Waals surface area contributed by atoms with Gasteiger partial charge in [0.05, 0.1) is 0 Å². The van der Waals surface area contributed by atoms with Crippen LogP contribution in [0.4, 0.5) is 0 Å². The van der Waals surface area contributed by atoms with Gasteiger partial charge in [0.25, 0.3) is 0 Å². The number of thiophene rings is 1. The van der Waals surface area contributed by atoms with Gasteiger partial charge in [0.1, 0.15) is 16.6 Å². The molecule has 0 fully saturated rings. The molecule has 0 unspecified atom stereocenters. The summed E-state index contributed by atoms with van der Waals surface area (Å²) in [6.07, 6.45) is 1.77. The van der Waals surface area contributed by atoms with Crippen LogP contribution >= 0.6 is 11.3 Å². The van der Waals surface area contributed by atoms with Crippen LogP contribution in [0.1, 0.15) is 20.9 Å². The summed E-state index contributed by atoms with van der Waals surface area (Å²) in [6, 6.07) is 7.30. The fraction of sp³-hybridized carbons (Fsp3) is 0.0909. The number of hydrogen-bond donors (Lipinski definition) is 1. The Kier molecular flexibility index (Phi) is 2.75. The first kappa shape index (κ1) is 10.5. The van der Waals surface area contributed by atoms with Crippen molar-refractivity contribution in [1.82, 2.24) is 4.57 Å². The van der Waals surface area contributed by atoms with E-state index in [4.69, 9.17) is 10.4 Å². The van der Waals surface area contributed by atoms with Crippen LogP contribution in [0.5, 0.6) is 0 Å². The van der Waals surface area contributed by atoms with E-state index in [9.17, 15) is 4.79 Å². The van der Waals surface area contributed by atoms with Crippen molar-refractivity contribution in [3.8, 4) is 6.07 Å². The van der Waals surface area contributed by atoms with E-state index in [2.05, 4.69) is 6.07 Å². The molecule has 0 atom stereocenters. The maximum atomic E-state index is 10.9. The number of carboxylic acid groups (broad SMARTS) is 1. The molecule has 0 aliphatic rings. The van der Waals surface area contributed by atoms with Gasteiger partial charge in [-0.2, -0.15) is 5.26 Å². The van der Waals surface area contributed by atoms with Crippen molar-refractivity contribution in [1.29, 1.82) is 5.26 Å². The maximum Gasteiger partial charge on any atom is 0.346 e. The lowest BCUT2D eigenvalue weighted by Gasteiger charge is -2.03. The van der Waals surface area contributed by atoms with Gasteiger partial charge in [0.15, 0.2) is 0 Å². The molecule has 4 nitrogen and oxygen atoms in total. The highest BCUT2D eigenvalue weighted by atomic mass is 32.1. The van der Waals surface area contributed by atoms with Gasteiger partial charge in [-0.1, -0.05) is 0 Å². The number of hydrogen-bond acceptors (Lipinski definition) is 3. The number of aromatic carboxylic acids is 1. The van der Waals surface area contributed by atoms with E-state index in [0.717, 1.165) is 5.56 Å². The largest absolute Gasteiger partial charge is 0.477 e. The van der Waals surface area contributed by atoms with Gasteiger partial charge in [-0.25, -0.2) is 4.79 Å². The summed E-state index contributed by atoms with van der Waals surface area (Å²) >= 11 is 1.20. The third kappa shape index (κ3) is 1.83. The minimum absolute atomic E-state index is 0.331. The molecule has 0 aliphatic heterocycles. The van der Waals surface area contributed by atoms with Crippen LogP contribution in [-0.2, 0) is 6.54 Å². The molecule has 0 aliphatic carbocycles. The van der Waals surface area contributed by atoms with Crippen molar-refractivity contribution in [2.75, 3.05) is 0 Å². The molecular weight excluding hydrogens is 224 g/mol. The molecule has 0 aromatic carbocycles. The highest BCUT2D eigenvalue weighted by molar-refractivity contribution is 7.12. The average molecular weight is 232 g/mol. The minimum atomic E-state index is -0.921. The molecule has 0 spiro atoms. The van der Waals surface area contributed by atoms with E-state index in [-0.39, 0.29) is 0 Å². The van der Waals surface area contributed by atoms with Gasteiger partial charge in [-0.05, 0) is 29.1 Å². The highest BCUT2D eigenvalue weighted by Crippen LogP contribution is 2.18. The molecule has 0 bridgehead atoms. The van der Waals surface area contributed by atoms with E-state index in [0.29, 0.717) is 17.1 Å². The fourth-order valence-corrected chi connectivity index (χ4v) is 2.24. The van der Waals surface area contributed by atoms with Crippen LogP contribution in [0.25, 0.3) is 0 Å². The summed E-state index contributed by atoms with van der Waals surface area (Å²) in [6.45, 7) is 0.418. The van der Waals surface area contributed by atoms with E-state index in [1.807, 2.05) is 0 Å². The number of rotatable bonds is 3. The zero-order valence-corrected chi connectivity index (χ0v) is 9.07. The van der Waals surface area contributed by atoms with Crippen LogP contribution in [0.2, 0.25) is 0 Å². The second kappa shape index (κ2) is 4.21. The number of nitriles is 1. The first-order valence-corrected chi connectivity index (χ1v) is 5.45. The van der Waals surface area contributed by atoms with Crippen molar-refractivity contribution in [3.05, 3.63) is 45.9 Å². The molecule has 1 N–H and O–H groups in total. The molecule has 0 amide bonds. The quantitative estimate of drug-likeness (QED) is 0.881. The van der Waals surface area contributed by atoms with E-state index >= 15 is 0 Å². The Morgan fingerprint density at radius 3 is 3.06 bits per heavy atom. The summed E-state index contributed by atoms with van der Waals surface area (Å²) in [7, 11) is 0. The maximum absolute atomic E-state index is 10.9. The summed E-state index contributed by atoms with van der Waals surface area (Å²) in [4.78, 5) is 11.2. The predicted molar refractivity (Wildman–Crippen MR) is 59.5 cm³/mol. The Morgan fingerprint density at radius 1 is 1.56 bits per heavy atom. The Balaban J connectivity index is 2.31. The molecule has 0 saturated heterocycles. The SMILES string of the molecule is N#Cc1cccn1Cc1ccsc1C(=O)O. The lowest BCUT2D eigenvalue weighted by Crippen LogP contribution is -2.04. The molecule has 5 heteroatoms. The van der Waals surface area contributed by atoms with E-state index in [1.165, 1.54) is 11.3 Å². The van der Waals surface area contributed by atoms with Crippen LogP contribution in [0, 0.1) is 11.3 Å². The van der Waals surface area contributed by atoms with Crippen molar-refractivity contribution < 1.29 is 9.90 Å². The Morgan fingerprint density at radius 2 is 2.38 bits per heavy atom. The Bertz CT molecular complexity index is 563. The average Bonchev–Trinajstić information content (AvgIpc) is 2.86.